The maximum absolute atomic E-state index is 13.1. The zero-order chi connectivity index (χ0) is 19.7. The van der Waals surface area contributed by atoms with Gasteiger partial charge in [0.05, 0.1) is 31.8 Å². The summed E-state index contributed by atoms with van der Waals surface area (Å²) in [6.07, 6.45) is 1.61. The molecule has 7 nitrogen and oxygen atoms in total. The summed E-state index contributed by atoms with van der Waals surface area (Å²) in [6.45, 7) is 0. The summed E-state index contributed by atoms with van der Waals surface area (Å²) < 4.78 is 11.7. The molecule has 0 atom stereocenters. The Labute approximate surface area is 160 Å². The lowest BCUT2D eigenvalue weighted by molar-refractivity contribution is 0.415. The average Bonchev–Trinajstić information content (AvgIpc) is 3.18. The Morgan fingerprint density at radius 1 is 0.964 bits per heavy atom. The zero-order valence-corrected chi connectivity index (χ0v) is 15.3. The second-order valence-corrected chi connectivity index (χ2v) is 6.05. The second kappa shape index (κ2) is 6.93. The van der Waals surface area contributed by atoms with Crippen LogP contribution in [0.25, 0.3) is 28.3 Å². The molecule has 0 saturated heterocycles. The van der Waals surface area contributed by atoms with Gasteiger partial charge >= 0.3 is 0 Å². The Morgan fingerprint density at radius 3 is 2.07 bits per heavy atom. The van der Waals surface area contributed by atoms with E-state index in [2.05, 4.69) is 9.97 Å². The third-order valence-corrected chi connectivity index (χ3v) is 4.54. The van der Waals surface area contributed by atoms with Crippen molar-refractivity contribution in [3.63, 3.8) is 0 Å². The van der Waals surface area contributed by atoms with Crippen molar-refractivity contribution < 1.29 is 9.47 Å². The number of H-pyrrole nitrogens is 1. The van der Waals surface area contributed by atoms with Crippen LogP contribution < -0.4 is 15.0 Å². The largest absolute Gasteiger partial charge is 0.497 e. The molecule has 0 aliphatic carbocycles. The van der Waals surface area contributed by atoms with Crippen molar-refractivity contribution in [1.29, 1.82) is 5.26 Å². The van der Waals surface area contributed by atoms with Crippen LogP contribution in [0.2, 0.25) is 0 Å². The van der Waals surface area contributed by atoms with Gasteiger partial charge in [0.1, 0.15) is 23.1 Å². The number of hydrogen-bond acceptors (Lipinski definition) is 5. The molecule has 0 aliphatic rings. The number of ether oxygens (including phenoxy) is 2. The van der Waals surface area contributed by atoms with Crippen LogP contribution in [-0.2, 0) is 0 Å². The molecule has 4 rings (SSSR count). The van der Waals surface area contributed by atoms with Crippen molar-refractivity contribution in [1.82, 2.24) is 14.4 Å². The van der Waals surface area contributed by atoms with Gasteiger partial charge in [-0.3, -0.25) is 4.79 Å². The van der Waals surface area contributed by atoms with E-state index in [4.69, 9.17) is 9.47 Å². The van der Waals surface area contributed by atoms with Crippen LogP contribution in [0.1, 0.15) is 5.56 Å². The first-order valence-electron chi connectivity index (χ1n) is 8.49. The number of nitrogens with one attached hydrogen (secondary N) is 1. The number of benzene rings is 2. The minimum Gasteiger partial charge on any atom is -0.497 e. The van der Waals surface area contributed by atoms with Crippen molar-refractivity contribution >= 4 is 5.78 Å². The number of fused-ring (bicyclic) bond motifs is 1. The lowest BCUT2D eigenvalue weighted by Crippen LogP contribution is -2.19. The molecular weight excluding hydrogens is 356 g/mol. The highest BCUT2D eigenvalue weighted by molar-refractivity contribution is 5.70. The number of aromatic nitrogens is 3. The second-order valence-electron chi connectivity index (χ2n) is 6.05. The van der Waals surface area contributed by atoms with Gasteiger partial charge in [-0.1, -0.05) is 0 Å². The molecule has 2 heterocycles. The summed E-state index contributed by atoms with van der Waals surface area (Å²) in [4.78, 5) is 20.5. The van der Waals surface area contributed by atoms with Gasteiger partial charge in [-0.2, -0.15) is 5.26 Å². The van der Waals surface area contributed by atoms with Gasteiger partial charge in [0.15, 0.2) is 0 Å². The molecule has 0 unspecified atom stereocenters. The molecule has 2 aromatic heterocycles. The van der Waals surface area contributed by atoms with Gasteiger partial charge in [0.2, 0.25) is 5.78 Å². The lowest BCUT2D eigenvalue weighted by Gasteiger charge is -2.08. The number of rotatable bonds is 4. The van der Waals surface area contributed by atoms with E-state index in [9.17, 15) is 10.1 Å². The molecule has 28 heavy (non-hydrogen) atoms. The fourth-order valence-electron chi connectivity index (χ4n) is 3.08. The van der Waals surface area contributed by atoms with E-state index < -0.39 is 5.56 Å². The number of aromatic amines is 1. The predicted molar refractivity (Wildman–Crippen MR) is 105 cm³/mol. The molecule has 0 radical (unpaired) electrons. The Bertz CT molecular complexity index is 1250. The molecule has 0 bridgehead atoms. The van der Waals surface area contributed by atoms with E-state index in [1.807, 2.05) is 18.2 Å². The Balaban J connectivity index is 1.91. The number of nitrogens with zero attached hydrogens (tertiary/aromatic N) is 3. The molecule has 7 heteroatoms. The molecule has 0 spiro atoms. The molecule has 4 aromatic rings. The van der Waals surface area contributed by atoms with Gasteiger partial charge in [-0.25, -0.2) is 9.38 Å². The van der Waals surface area contributed by atoms with Gasteiger partial charge < -0.3 is 14.5 Å². The van der Waals surface area contributed by atoms with Crippen LogP contribution >= 0.6 is 0 Å². The van der Waals surface area contributed by atoms with Crippen molar-refractivity contribution in [2.45, 2.75) is 0 Å². The highest BCUT2D eigenvalue weighted by Gasteiger charge is 2.17. The number of methoxy groups -OCH3 is 2. The van der Waals surface area contributed by atoms with E-state index in [1.54, 1.807) is 56.8 Å². The van der Waals surface area contributed by atoms with Gasteiger partial charge in [-0.15, -0.1) is 0 Å². The zero-order valence-electron chi connectivity index (χ0n) is 15.3. The summed E-state index contributed by atoms with van der Waals surface area (Å²) in [5, 5.41) is 9.64. The van der Waals surface area contributed by atoms with Crippen LogP contribution in [0.15, 0.2) is 59.5 Å². The van der Waals surface area contributed by atoms with Gasteiger partial charge in [-0.05, 0) is 54.1 Å². The van der Waals surface area contributed by atoms with E-state index in [0.29, 0.717) is 34.2 Å². The first-order valence-corrected chi connectivity index (χ1v) is 8.49. The first-order chi connectivity index (χ1) is 13.7. The molecule has 2 aromatic carbocycles. The van der Waals surface area contributed by atoms with Crippen molar-refractivity contribution in [2.24, 2.45) is 0 Å². The maximum Gasteiger partial charge on any atom is 0.278 e. The smallest absolute Gasteiger partial charge is 0.278 e. The summed E-state index contributed by atoms with van der Waals surface area (Å²) >= 11 is 0. The quantitative estimate of drug-likeness (QED) is 0.594. The van der Waals surface area contributed by atoms with E-state index in [-0.39, 0.29) is 5.56 Å². The Kier molecular flexibility index (Phi) is 4.30. The maximum atomic E-state index is 13.1. The first kappa shape index (κ1) is 17.4. The van der Waals surface area contributed by atoms with Crippen molar-refractivity contribution in [2.75, 3.05) is 14.2 Å². The minimum atomic E-state index is -0.426. The third-order valence-electron chi connectivity index (χ3n) is 4.54. The monoisotopic (exact) mass is 372 g/mol. The fraction of sp³-hybridized carbons (Fsp3) is 0.0952. The molecular formula is C21H16N4O3. The average molecular weight is 372 g/mol. The molecule has 0 fully saturated rings. The minimum absolute atomic E-state index is 0.0189. The fourth-order valence-corrected chi connectivity index (χ4v) is 3.08. The highest BCUT2D eigenvalue weighted by atomic mass is 16.5. The summed E-state index contributed by atoms with van der Waals surface area (Å²) in [6, 6.07) is 16.4. The van der Waals surface area contributed by atoms with Crippen LogP contribution in [0.4, 0.5) is 0 Å². The standard InChI is InChI=1S/C21H16N4O3/c1-27-15-7-3-13(4-8-15)18-12-23-21-24-19(17(11-22)20(26)25(18)21)14-5-9-16(28-2)10-6-14/h3-10,12H,1-2H3,(H,23,24). The number of hydrogen-bond donors (Lipinski definition) is 1. The van der Waals surface area contributed by atoms with E-state index in [1.165, 1.54) is 4.40 Å². The van der Waals surface area contributed by atoms with Crippen LogP contribution in [-0.4, -0.2) is 28.6 Å². The van der Waals surface area contributed by atoms with Crippen LogP contribution in [0, 0.1) is 11.3 Å². The SMILES string of the molecule is COc1ccc(-c2[nH]c3ncc(-c4ccc(OC)cc4)n3c(=O)c2C#N)cc1. The third kappa shape index (κ3) is 2.77. The van der Waals surface area contributed by atoms with Crippen molar-refractivity contribution in [3.8, 4) is 40.1 Å². The molecule has 1 N–H and O–H groups in total. The molecule has 138 valence electrons. The van der Waals surface area contributed by atoms with Crippen molar-refractivity contribution in [3.05, 3.63) is 70.6 Å². The highest BCUT2D eigenvalue weighted by Crippen LogP contribution is 2.26. The van der Waals surface area contributed by atoms with Gasteiger partial charge in [0, 0.05) is 5.56 Å². The number of imidazole rings is 1. The van der Waals surface area contributed by atoms with E-state index >= 15 is 0 Å². The van der Waals surface area contributed by atoms with Gasteiger partial charge in [0.25, 0.3) is 5.56 Å². The molecule has 0 aliphatic heterocycles. The normalized spacial score (nSPS) is 10.6. The molecule has 0 amide bonds. The Morgan fingerprint density at radius 2 is 1.54 bits per heavy atom. The summed E-state index contributed by atoms with van der Waals surface area (Å²) in [7, 11) is 3.17. The summed E-state index contributed by atoms with van der Waals surface area (Å²) in [5.41, 5.74) is 2.10. The van der Waals surface area contributed by atoms with Crippen LogP contribution in [0.3, 0.4) is 0 Å². The lowest BCUT2D eigenvalue weighted by atomic mass is 10.1. The van der Waals surface area contributed by atoms with Crippen LogP contribution in [0.5, 0.6) is 11.5 Å². The predicted octanol–water partition coefficient (Wildman–Crippen LogP) is 3.25. The topological polar surface area (TPSA) is 92.4 Å². The Hall–Kier alpha value is -4.05. The summed E-state index contributed by atoms with van der Waals surface area (Å²) in [5.74, 6) is 1.76. The van der Waals surface area contributed by atoms with E-state index in [0.717, 1.165) is 5.56 Å². The number of nitriles is 1. The molecule has 0 saturated carbocycles.